The number of nitrogens with one attached hydrogen (secondary N) is 1. The molecule has 17 heavy (non-hydrogen) atoms. The zero-order valence-electron chi connectivity index (χ0n) is 11.1. The van der Waals surface area contributed by atoms with Crippen LogP contribution in [0, 0.1) is 5.92 Å². The maximum absolute atomic E-state index is 12.2. The monoisotopic (exact) mass is 263 g/mol. The number of rotatable bonds is 5. The molecule has 1 saturated heterocycles. The van der Waals surface area contributed by atoms with Crippen molar-refractivity contribution in [3.63, 3.8) is 0 Å². The SMILES string of the molecule is CC1CCN(S(=O)(=O)NC(C)(C)CCN)CC1. The van der Waals surface area contributed by atoms with Crippen molar-refractivity contribution in [2.24, 2.45) is 11.7 Å². The summed E-state index contributed by atoms with van der Waals surface area (Å²) in [6.45, 7) is 7.61. The van der Waals surface area contributed by atoms with Crippen LogP contribution < -0.4 is 10.5 Å². The van der Waals surface area contributed by atoms with Gasteiger partial charge in [0.2, 0.25) is 0 Å². The van der Waals surface area contributed by atoms with Gasteiger partial charge in [-0.25, -0.2) is 0 Å². The van der Waals surface area contributed by atoms with E-state index in [0.717, 1.165) is 12.8 Å². The van der Waals surface area contributed by atoms with Gasteiger partial charge in [-0.05, 0) is 45.6 Å². The van der Waals surface area contributed by atoms with E-state index in [4.69, 9.17) is 5.73 Å². The zero-order valence-corrected chi connectivity index (χ0v) is 11.9. The highest BCUT2D eigenvalue weighted by molar-refractivity contribution is 7.87. The molecule has 0 aromatic heterocycles. The lowest BCUT2D eigenvalue weighted by molar-refractivity contribution is 0.278. The van der Waals surface area contributed by atoms with Crippen LogP contribution >= 0.6 is 0 Å². The molecule has 1 aliphatic heterocycles. The van der Waals surface area contributed by atoms with Gasteiger partial charge in [0.1, 0.15) is 0 Å². The summed E-state index contributed by atoms with van der Waals surface area (Å²) < 4.78 is 28.6. The summed E-state index contributed by atoms with van der Waals surface area (Å²) in [7, 11) is -3.36. The van der Waals surface area contributed by atoms with Gasteiger partial charge in [-0.1, -0.05) is 6.92 Å². The fourth-order valence-corrected chi connectivity index (χ4v) is 3.67. The van der Waals surface area contributed by atoms with E-state index in [1.54, 1.807) is 4.31 Å². The van der Waals surface area contributed by atoms with Crippen molar-refractivity contribution in [3.8, 4) is 0 Å². The summed E-state index contributed by atoms with van der Waals surface area (Å²) in [5.74, 6) is 0.624. The Hall–Kier alpha value is -0.170. The summed E-state index contributed by atoms with van der Waals surface area (Å²) in [5, 5.41) is 0. The number of hydrogen-bond donors (Lipinski definition) is 2. The minimum Gasteiger partial charge on any atom is -0.330 e. The lowest BCUT2D eigenvalue weighted by Crippen LogP contribution is -2.52. The third kappa shape index (κ3) is 4.54. The zero-order chi connectivity index (χ0) is 13.1. The Bertz CT molecular complexity index is 333. The van der Waals surface area contributed by atoms with Crippen LogP contribution in [0.2, 0.25) is 0 Å². The van der Waals surface area contributed by atoms with Crippen molar-refractivity contribution in [1.29, 1.82) is 0 Å². The summed E-state index contributed by atoms with van der Waals surface area (Å²) in [4.78, 5) is 0. The average Bonchev–Trinajstić information content (AvgIpc) is 2.16. The first kappa shape index (κ1) is 14.9. The third-order valence-corrected chi connectivity index (χ3v) is 5.11. The molecule has 0 aromatic carbocycles. The first-order chi connectivity index (χ1) is 7.77. The number of piperidine rings is 1. The Kier molecular flexibility index (Phi) is 4.95. The van der Waals surface area contributed by atoms with Gasteiger partial charge in [-0.15, -0.1) is 0 Å². The molecule has 5 nitrogen and oxygen atoms in total. The van der Waals surface area contributed by atoms with Crippen LogP contribution in [0.1, 0.15) is 40.0 Å². The smallest absolute Gasteiger partial charge is 0.279 e. The quantitative estimate of drug-likeness (QED) is 0.766. The van der Waals surface area contributed by atoms with Gasteiger partial charge >= 0.3 is 0 Å². The Morgan fingerprint density at radius 2 is 1.88 bits per heavy atom. The highest BCUT2D eigenvalue weighted by Gasteiger charge is 2.31. The minimum absolute atomic E-state index is 0.476. The predicted molar refractivity (Wildman–Crippen MR) is 69.8 cm³/mol. The van der Waals surface area contributed by atoms with Crippen LogP contribution in [-0.4, -0.2) is 37.9 Å². The van der Waals surface area contributed by atoms with E-state index in [9.17, 15) is 8.42 Å². The molecule has 1 fully saturated rings. The van der Waals surface area contributed by atoms with E-state index in [-0.39, 0.29) is 0 Å². The van der Waals surface area contributed by atoms with Crippen LogP contribution in [-0.2, 0) is 10.2 Å². The molecule has 1 aliphatic rings. The molecule has 102 valence electrons. The van der Waals surface area contributed by atoms with Gasteiger partial charge in [0, 0.05) is 18.6 Å². The Morgan fingerprint density at radius 1 is 1.35 bits per heavy atom. The molecule has 0 bridgehead atoms. The molecule has 0 saturated carbocycles. The molecular weight excluding hydrogens is 238 g/mol. The van der Waals surface area contributed by atoms with E-state index in [0.29, 0.717) is 32.0 Å². The maximum Gasteiger partial charge on any atom is 0.279 e. The lowest BCUT2D eigenvalue weighted by Gasteiger charge is -2.33. The van der Waals surface area contributed by atoms with Crippen LogP contribution in [0.25, 0.3) is 0 Å². The van der Waals surface area contributed by atoms with Gasteiger partial charge in [0.05, 0.1) is 0 Å². The van der Waals surface area contributed by atoms with Gasteiger partial charge < -0.3 is 5.73 Å². The molecule has 0 unspecified atom stereocenters. The number of nitrogens with zero attached hydrogens (tertiary/aromatic N) is 1. The van der Waals surface area contributed by atoms with Gasteiger partial charge in [-0.3, -0.25) is 0 Å². The van der Waals surface area contributed by atoms with Crippen LogP contribution in [0.3, 0.4) is 0 Å². The normalized spacial score (nSPS) is 20.7. The largest absolute Gasteiger partial charge is 0.330 e. The molecule has 0 spiro atoms. The molecule has 0 atom stereocenters. The first-order valence-corrected chi connectivity index (χ1v) is 7.70. The fraction of sp³-hybridized carbons (Fsp3) is 1.00. The highest BCUT2D eigenvalue weighted by Crippen LogP contribution is 2.19. The van der Waals surface area contributed by atoms with E-state index < -0.39 is 15.7 Å². The average molecular weight is 263 g/mol. The molecule has 0 radical (unpaired) electrons. The van der Waals surface area contributed by atoms with E-state index >= 15 is 0 Å². The number of hydrogen-bond acceptors (Lipinski definition) is 3. The maximum atomic E-state index is 12.2. The standard InChI is InChI=1S/C11H25N3O2S/c1-10-4-8-14(9-5-10)17(15,16)13-11(2,3)6-7-12/h10,13H,4-9,12H2,1-3H3. The second kappa shape index (κ2) is 5.65. The summed E-state index contributed by atoms with van der Waals surface area (Å²) in [6.07, 6.45) is 2.52. The van der Waals surface area contributed by atoms with E-state index in [2.05, 4.69) is 11.6 Å². The van der Waals surface area contributed by atoms with Crippen molar-refractivity contribution >= 4 is 10.2 Å². The Morgan fingerprint density at radius 3 is 2.35 bits per heavy atom. The minimum atomic E-state index is -3.36. The topological polar surface area (TPSA) is 75.4 Å². The van der Waals surface area contributed by atoms with Crippen LogP contribution in [0.4, 0.5) is 0 Å². The van der Waals surface area contributed by atoms with Crippen LogP contribution in [0.5, 0.6) is 0 Å². The molecule has 0 aliphatic carbocycles. The predicted octanol–water partition coefficient (Wildman–Crippen LogP) is 0.680. The van der Waals surface area contributed by atoms with Gasteiger partial charge in [0.15, 0.2) is 0 Å². The Balaban J connectivity index is 2.62. The molecule has 3 N–H and O–H groups in total. The molecule has 1 heterocycles. The van der Waals surface area contributed by atoms with Crippen molar-refractivity contribution in [3.05, 3.63) is 0 Å². The van der Waals surface area contributed by atoms with Crippen molar-refractivity contribution < 1.29 is 8.42 Å². The third-order valence-electron chi connectivity index (χ3n) is 3.26. The van der Waals surface area contributed by atoms with E-state index in [1.807, 2.05) is 13.8 Å². The van der Waals surface area contributed by atoms with Crippen molar-refractivity contribution in [2.75, 3.05) is 19.6 Å². The Labute approximate surface area is 105 Å². The van der Waals surface area contributed by atoms with Gasteiger partial charge in [-0.2, -0.15) is 17.4 Å². The lowest BCUT2D eigenvalue weighted by atomic mass is 10.0. The van der Waals surface area contributed by atoms with Gasteiger partial charge in [0.25, 0.3) is 10.2 Å². The molecular formula is C11H25N3O2S. The molecule has 0 aromatic rings. The second-order valence-electron chi connectivity index (χ2n) is 5.61. The first-order valence-electron chi connectivity index (χ1n) is 6.26. The van der Waals surface area contributed by atoms with Crippen molar-refractivity contribution in [1.82, 2.24) is 9.03 Å². The van der Waals surface area contributed by atoms with E-state index in [1.165, 1.54) is 0 Å². The second-order valence-corrected chi connectivity index (χ2v) is 7.28. The summed E-state index contributed by atoms with van der Waals surface area (Å²) in [6, 6.07) is 0. The summed E-state index contributed by atoms with van der Waals surface area (Å²) >= 11 is 0. The van der Waals surface area contributed by atoms with Crippen LogP contribution in [0.15, 0.2) is 0 Å². The fourth-order valence-electron chi connectivity index (χ4n) is 2.05. The molecule has 6 heteroatoms. The number of nitrogens with two attached hydrogens (primary N) is 1. The molecule has 1 rings (SSSR count). The molecule has 0 amide bonds. The van der Waals surface area contributed by atoms with Crippen molar-refractivity contribution in [2.45, 2.75) is 45.6 Å². The summed E-state index contributed by atoms with van der Waals surface area (Å²) in [5.41, 5.74) is 5.01. The highest BCUT2D eigenvalue weighted by atomic mass is 32.2.